The maximum absolute atomic E-state index is 5.60. The van der Waals surface area contributed by atoms with Gasteiger partial charge >= 0.3 is 0 Å². The minimum Gasteiger partial charge on any atom is -0.382 e. The Balaban J connectivity index is 2.51. The molecule has 0 bridgehead atoms. The van der Waals surface area contributed by atoms with Gasteiger partial charge in [0, 0.05) is 32.0 Å². The largest absolute Gasteiger partial charge is 0.382 e. The van der Waals surface area contributed by atoms with Gasteiger partial charge in [0.1, 0.15) is 0 Å². The SMILES string of the molecule is CCOCCCN(CCCN)c1ccc(C)cc1. The Morgan fingerprint density at radius 2 is 1.78 bits per heavy atom. The lowest BCUT2D eigenvalue weighted by atomic mass is 10.2. The van der Waals surface area contributed by atoms with E-state index in [4.69, 9.17) is 10.5 Å². The van der Waals surface area contributed by atoms with Crippen molar-refractivity contribution >= 4 is 5.69 Å². The highest BCUT2D eigenvalue weighted by atomic mass is 16.5. The summed E-state index contributed by atoms with van der Waals surface area (Å²) in [7, 11) is 0. The summed E-state index contributed by atoms with van der Waals surface area (Å²) in [5.41, 5.74) is 8.18. The minimum absolute atomic E-state index is 0.744. The number of hydrogen-bond acceptors (Lipinski definition) is 3. The van der Waals surface area contributed by atoms with E-state index in [-0.39, 0.29) is 0 Å². The number of hydrogen-bond donors (Lipinski definition) is 1. The van der Waals surface area contributed by atoms with Crippen LogP contribution in [0.1, 0.15) is 25.3 Å². The van der Waals surface area contributed by atoms with Crippen LogP contribution in [0.4, 0.5) is 5.69 Å². The van der Waals surface area contributed by atoms with Crippen molar-refractivity contribution in [3.63, 3.8) is 0 Å². The lowest BCUT2D eigenvalue weighted by Crippen LogP contribution is -2.28. The van der Waals surface area contributed by atoms with E-state index in [0.717, 1.165) is 45.7 Å². The third-order valence-corrected chi connectivity index (χ3v) is 2.95. The molecular formula is C15H26N2O. The van der Waals surface area contributed by atoms with Gasteiger partial charge in [-0.15, -0.1) is 0 Å². The molecule has 0 spiro atoms. The summed E-state index contributed by atoms with van der Waals surface area (Å²) in [5.74, 6) is 0. The predicted octanol–water partition coefficient (Wildman–Crippen LogP) is 2.58. The molecule has 0 aliphatic rings. The van der Waals surface area contributed by atoms with Crippen molar-refractivity contribution < 1.29 is 4.74 Å². The fraction of sp³-hybridized carbons (Fsp3) is 0.600. The first-order valence-electron chi connectivity index (χ1n) is 6.87. The van der Waals surface area contributed by atoms with Crippen LogP contribution in [0.3, 0.4) is 0 Å². The highest BCUT2D eigenvalue weighted by molar-refractivity contribution is 5.47. The number of nitrogens with zero attached hydrogens (tertiary/aromatic N) is 1. The molecule has 0 radical (unpaired) electrons. The van der Waals surface area contributed by atoms with Gasteiger partial charge in [0.25, 0.3) is 0 Å². The summed E-state index contributed by atoms with van der Waals surface area (Å²) in [6.07, 6.45) is 2.09. The summed E-state index contributed by atoms with van der Waals surface area (Å²) < 4.78 is 5.39. The Morgan fingerprint density at radius 3 is 2.39 bits per heavy atom. The average molecular weight is 250 g/mol. The monoisotopic (exact) mass is 250 g/mol. The molecule has 0 atom stereocenters. The van der Waals surface area contributed by atoms with Gasteiger partial charge in [-0.05, 0) is 45.4 Å². The molecule has 0 fully saturated rings. The highest BCUT2D eigenvalue weighted by Gasteiger charge is 2.05. The van der Waals surface area contributed by atoms with Crippen molar-refractivity contribution in [1.82, 2.24) is 0 Å². The first kappa shape index (κ1) is 15.0. The van der Waals surface area contributed by atoms with E-state index in [9.17, 15) is 0 Å². The van der Waals surface area contributed by atoms with E-state index >= 15 is 0 Å². The van der Waals surface area contributed by atoms with Gasteiger partial charge in [-0.2, -0.15) is 0 Å². The van der Waals surface area contributed by atoms with Gasteiger partial charge in [-0.1, -0.05) is 17.7 Å². The number of nitrogens with two attached hydrogens (primary N) is 1. The Labute approximate surface area is 111 Å². The molecule has 3 heteroatoms. The maximum Gasteiger partial charge on any atom is 0.0482 e. The average Bonchev–Trinajstić information content (AvgIpc) is 2.39. The molecule has 0 saturated carbocycles. The molecule has 0 saturated heterocycles. The Kier molecular flexibility index (Phi) is 7.46. The molecule has 0 unspecified atom stereocenters. The number of benzene rings is 1. The number of ether oxygens (including phenoxy) is 1. The summed E-state index contributed by atoms with van der Waals surface area (Å²) in [4.78, 5) is 2.39. The third kappa shape index (κ3) is 5.52. The zero-order valence-corrected chi connectivity index (χ0v) is 11.7. The second-order valence-corrected chi connectivity index (χ2v) is 4.52. The highest BCUT2D eigenvalue weighted by Crippen LogP contribution is 2.15. The minimum atomic E-state index is 0.744. The van der Waals surface area contributed by atoms with Gasteiger partial charge < -0.3 is 15.4 Å². The molecule has 18 heavy (non-hydrogen) atoms. The molecule has 0 aromatic heterocycles. The molecule has 1 aromatic rings. The fourth-order valence-electron chi connectivity index (χ4n) is 1.91. The van der Waals surface area contributed by atoms with Crippen LogP contribution < -0.4 is 10.6 Å². The van der Waals surface area contributed by atoms with Crippen LogP contribution in [0.15, 0.2) is 24.3 Å². The van der Waals surface area contributed by atoms with Gasteiger partial charge in [0.05, 0.1) is 0 Å². The molecular weight excluding hydrogens is 224 g/mol. The van der Waals surface area contributed by atoms with E-state index in [1.165, 1.54) is 11.3 Å². The van der Waals surface area contributed by atoms with Crippen LogP contribution in [0.25, 0.3) is 0 Å². The van der Waals surface area contributed by atoms with Gasteiger partial charge in [-0.3, -0.25) is 0 Å². The molecule has 0 heterocycles. The maximum atomic E-state index is 5.60. The Bertz CT molecular complexity index is 311. The van der Waals surface area contributed by atoms with Crippen molar-refractivity contribution in [2.24, 2.45) is 5.73 Å². The molecule has 0 amide bonds. The molecule has 1 rings (SSSR count). The zero-order chi connectivity index (χ0) is 13.2. The Hall–Kier alpha value is -1.06. The van der Waals surface area contributed by atoms with Crippen molar-refractivity contribution in [3.8, 4) is 0 Å². The van der Waals surface area contributed by atoms with Crippen molar-refractivity contribution in [2.45, 2.75) is 26.7 Å². The Morgan fingerprint density at radius 1 is 1.11 bits per heavy atom. The lowest BCUT2D eigenvalue weighted by molar-refractivity contribution is 0.146. The molecule has 1 aromatic carbocycles. The van der Waals surface area contributed by atoms with Crippen LogP contribution >= 0.6 is 0 Å². The second-order valence-electron chi connectivity index (χ2n) is 4.52. The van der Waals surface area contributed by atoms with Crippen molar-refractivity contribution in [3.05, 3.63) is 29.8 Å². The first-order valence-corrected chi connectivity index (χ1v) is 6.87. The van der Waals surface area contributed by atoms with Gasteiger partial charge in [-0.25, -0.2) is 0 Å². The van der Waals surface area contributed by atoms with Crippen LogP contribution in [-0.4, -0.2) is 32.8 Å². The summed E-state index contributed by atoms with van der Waals surface area (Å²) >= 11 is 0. The molecule has 0 aliphatic carbocycles. The van der Waals surface area contributed by atoms with E-state index < -0.39 is 0 Å². The predicted molar refractivity (Wildman–Crippen MR) is 78.2 cm³/mol. The van der Waals surface area contributed by atoms with E-state index in [2.05, 4.69) is 36.1 Å². The second kappa shape index (κ2) is 8.95. The van der Waals surface area contributed by atoms with Crippen LogP contribution in [0, 0.1) is 6.92 Å². The van der Waals surface area contributed by atoms with Crippen LogP contribution in [-0.2, 0) is 4.74 Å². The topological polar surface area (TPSA) is 38.5 Å². The summed E-state index contributed by atoms with van der Waals surface area (Å²) in [6, 6.07) is 8.69. The van der Waals surface area contributed by atoms with Crippen LogP contribution in [0.2, 0.25) is 0 Å². The normalized spacial score (nSPS) is 10.6. The quantitative estimate of drug-likeness (QED) is 0.685. The molecule has 102 valence electrons. The summed E-state index contributed by atoms with van der Waals surface area (Å²) in [6.45, 7) is 8.58. The number of aryl methyl sites for hydroxylation is 1. The van der Waals surface area contributed by atoms with Gasteiger partial charge in [0.15, 0.2) is 0 Å². The summed E-state index contributed by atoms with van der Waals surface area (Å²) in [5, 5.41) is 0. The number of anilines is 1. The molecule has 3 nitrogen and oxygen atoms in total. The smallest absolute Gasteiger partial charge is 0.0482 e. The standard InChI is InChI=1S/C15H26N2O/c1-3-18-13-5-12-17(11-4-10-16)15-8-6-14(2)7-9-15/h6-9H,3-5,10-13,16H2,1-2H3. The first-order chi connectivity index (χ1) is 8.77. The van der Waals surface area contributed by atoms with E-state index in [0.29, 0.717) is 0 Å². The third-order valence-electron chi connectivity index (χ3n) is 2.95. The van der Waals surface area contributed by atoms with Crippen molar-refractivity contribution in [1.29, 1.82) is 0 Å². The van der Waals surface area contributed by atoms with E-state index in [1.54, 1.807) is 0 Å². The molecule has 0 aliphatic heterocycles. The van der Waals surface area contributed by atoms with Crippen LogP contribution in [0.5, 0.6) is 0 Å². The number of rotatable bonds is 9. The molecule has 2 N–H and O–H groups in total. The van der Waals surface area contributed by atoms with Crippen molar-refractivity contribution in [2.75, 3.05) is 37.7 Å². The van der Waals surface area contributed by atoms with E-state index in [1.807, 2.05) is 6.92 Å². The lowest BCUT2D eigenvalue weighted by Gasteiger charge is -2.25. The van der Waals surface area contributed by atoms with Gasteiger partial charge in [0.2, 0.25) is 0 Å². The fourth-order valence-corrected chi connectivity index (χ4v) is 1.91. The zero-order valence-electron chi connectivity index (χ0n) is 11.7.